The summed E-state index contributed by atoms with van der Waals surface area (Å²) in [6.07, 6.45) is 2.67. The zero-order chi connectivity index (χ0) is 26.6. The third-order valence-corrected chi connectivity index (χ3v) is 6.98. The third kappa shape index (κ3) is 5.24. The third-order valence-electron chi connectivity index (χ3n) is 6.48. The van der Waals surface area contributed by atoms with E-state index in [1.165, 1.54) is 22.9 Å². The van der Waals surface area contributed by atoms with E-state index in [0.29, 0.717) is 40.9 Å². The van der Waals surface area contributed by atoms with Crippen molar-refractivity contribution in [1.82, 2.24) is 18.5 Å². The molecule has 1 unspecified atom stereocenters. The van der Waals surface area contributed by atoms with E-state index in [-0.39, 0.29) is 23.4 Å². The number of hydrogen-bond donors (Lipinski definition) is 1. The average molecular weight is 531 g/mol. The summed E-state index contributed by atoms with van der Waals surface area (Å²) in [5.74, 6) is -1.71. The maximum atomic E-state index is 14.4. The number of aromatic hydroxyl groups is 1. The Morgan fingerprint density at radius 1 is 0.974 bits per heavy atom. The molecule has 0 radical (unpaired) electrons. The number of aromatic nitrogens is 4. The SMILES string of the molecule is Cc1nn(C(Cc2ccccc2)c2cnsn2)c(=O)c(CCc2cccc(F)c2)c1-c1cccc(F)c1O. The molecule has 0 amide bonds. The first kappa shape index (κ1) is 25.4. The molecule has 0 spiro atoms. The van der Waals surface area contributed by atoms with E-state index in [1.807, 2.05) is 30.3 Å². The molecule has 9 heteroatoms. The van der Waals surface area contributed by atoms with Crippen LogP contribution in [0.5, 0.6) is 5.75 Å². The van der Waals surface area contributed by atoms with Crippen LogP contribution in [0.3, 0.4) is 0 Å². The van der Waals surface area contributed by atoms with E-state index in [1.54, 1.807) is 31.3 Å². The predicted molar refractivity (Wildman–Crippen MR) is 142 cm³/mol. The number of benzene rings is 3. The number of rotatable bonds is 8. The Morgan fingerprint density at radius 3 is 2.47 bits per heavy atom. The summed E-state index contributed by atoms with van der Waals surface area (Å²) in [5.41, 5.74) is 3.27. The van der Waals surface area contributed by atoms with Gasteiger partial charge in [-0.05, 0) is 49.1 Å². The fourth-order valence-corrected chi connectivity index (χ4v) is 5.14. The normalized spacial score (nSPS) is 12.0. The second kappa shape index (κ2) is 11.0. The van der Waals surface area contributed by atoms with Crippen molar-refractivity contribution in [2.45, 2.75) is 32.2 Å². The Labute approximate surface area is 222 Å². The molecule has 0 fully saturated rings. The molecule has 5 rings (SSSR count). The van der Waals surface area contributed by atoms with Crippen LogP contribution in [0, 0.1) is 18.6 Å². The lowest BCUT2D eigenvalue weighted by atomic mass is 9.94. The van der Waals surface area contributed by atoms with Crippen LogP contribution >= 0.6 is 11.7 Å². The van der Waals surface area contributed by atoms with E-state index >= 15 is 0 Å². The maximum Gasteiger partial charge on any atom is 0.271 e. The molecule has 0 bridgehead atoms. The quantitative estimate of drug-likeness (QED) is 0.280. The molecule has 2 aromatic heterocycles. The molecule has 0 aliphatic heterocycles. The average Bonchev–Trinajstić information content (AvgIpc) is 3.45. The molecule has 0 saturated heterocycles. The van der Waals surface area contributed by atoms with Crippen molar-refractivity contribution in [3.63, 3.8) is 0 Å². The Bertz CT molecular complexity index is 1620. The zero-order valence-corrected chi connectivity index (χ0v) is 21.3. The van der Waals surface area contributed by atoms with Gasteiger partial charge in [0.25, 0.3) is 5.56 Å². The molecule has 38 heavy (non-hydrogen) atoms. The number of phenols is 1. The lowest BCUT2D eigenvalue weighted by Crippen LogP contribution is -2.33. The van der Waals surface area contributed by atoms with E-state index in [0.717, 1.165) is 23.4 Å². The minimum Gasteiger partial charge on any atom is -0.504 e. The summed E-state index contributed by atoms with van der Waals surface area (Å²) < 4.78 is 38.1. The van der Waals surface area contributed by atoms with Gasteiger partial charge in [0, 0.05) is 23.1 Å². The van der Waals surface area contributed by atoms with Gasteiger partial charge in [0.2, 0.25) is 0 Å². The molecule has 2 heterocycles. The summed E-state index contributed by atoms with van der Waals surface area (Å²) in [6, 6.07) is 19.5. The summed E-state index contributed by atoms with van der Waals surface area (Å²) in [4.78, 5) is 14.1. The van der Waals surface area contributed by atoms with Crippen molar-refractivity contribution in [3.05, 3.63) is 129 Å². The van der Waals surface area contributed by atoms with Crippen LogP contribution in [0.25, 0.3) is 11.1 Å². The topological polar surface area (TPSA) is 80.9 Å². The summed E-state index contributed by atoms with van der Waals surface area (Å²) in [5, 5.41) is 15.2. The number of hydrogen-bond acceptors (Lipinski definition) is 6. The van der Waals surface area contributed by atoms with Gasteiger partial charge in [-0.15, -0.1) is 0 Å². The first-order valence-corrected chi connectivity index (χ1v) is 12.8. The molecule has 6 nitrogen and oxygen atoms in total. The number of nitrogens with zero attached hydrogens (tertiary/aromatic N) is 4. The standard InChI is InChI=1S/C29H24F2N4O2S/c1-18-27(22-11-6-12-24(31)28(22)36)23(14-13-20-9-5-10-21(30)15-20)29(37)35(33-18)26(25-17-32-38-34-25)16-19-7-3-2-4-8-19/h2-12,15,17,26,36H,13-14,16H2,1H3. The second-order valence-electron chi connectivity index (χ2n) is 8.99. The predicted octanol–water partition coefficient (Wildman–Crippen LogP) is 5.67. The summed E-state index contributed by atoms with van der Waals surface area (Å²) in [7, 11) is 0. The Morgan fingerprint density at radius 2 is 1.74 bits per heavy atom. The van der Waals surface area contributed by atoms with Gasteiger partial charge in [0.15, 0.2) is 11.6 Å². The van der Waals surface area contributed by atoms with Crippen molar-refractivity contribution >= 4 is 11.7 Å². The highest BCUT2D eigenvalue weighted by Gasteiger charge is 2.26. The van der Waals surface area contributed by atoms with Crippen molar-refractivity contribution in [1.29, 1.82) is 0 Å². The number of aryl methyl sites for hydroxylation is 2. The monoisotopic (exact) mass is 530 g/mol. The molecular weight excluding hydrogens is 506 g/mol. The molecule has 1 atom stereocenters. The lowest BCUT2D eigenvalue weighted by Gasteiger charge is -2.21. The molecule has 1 N–H and O–H groups in total. The van der Waals surface area contributed by atoms with Gasteiger partial charge < -0.3 is 5.11 Å². The van der Waals surface area contributed by atoms with Gasteiger partial charge in [-0.3, -0.25) is 4.79 Å². The molecule has 0 aliphatic carbocycles. The van der Waals surface area contributed by atoms with Gasteiger partial charge in [0.05, 0.1) is 29.3 Å². The van der Waals surface area contributed by atoms with Gasteiger partial charge in [-0.2, -0.15) is 13.8 Å². The Hall–Kier alpha value is -4.24. The minimum absolute atomic E-state index is 0.184. The van der Waals surface area contributed by atoms with Crippen molar-refractivity contribution in [2.24, 2.45) is 0 Å². The lowest BCUT2D eigenvalue weighted by molar-refractivity contribution is 0.434. The van der Waals surface area contributed by atoms with Crippen LogP contribution < -0.4 is 5.56 Å². The second-order valence-corrected chi connectivity index (χ2v) is 9.55. The fourth-order valence-electron chi connectivity index (χ4n) is 4.67. The first-order chi connectivity index (χ1) is 18.4. The highest BCUT2D eigenvalue weighted by molar-refractivity contribution is 6.99. The van der Waals surface area contributed by atoms with E-state index in [4.69, 9.17) is 0 Å². The van der Waals surface area contributed by atoms with Gasteiger partial charge in [0.1, 0.15) is 11.9 Å². The molecule has 192 valence electrons. The van der Waals surface area contributed by atoms with Crippen LogP contribution in [0.15, 0.2) is 83.8 Å². The zero-order valence-electron chi connectivity index (χ0n) is 20.5. The smallest absolute Gasteiger partial charge is 0.271 e. The van der Waals surface area contributed by atoms with Crippen molar-refractivity contribution in [3.8, 4) is 16.9 Å². The highest BCUT2D eigenvalue weighted by Crippen LogP contribution is 2.35. The molecule has 3 aromatic carbocycles. The minimum atomic E-state index is -0.794. The fraction of sp³-hybridized carbons (Fsp3) is 0.172. The Kier molecular flexibility index (Phi) is 7.37. The highest BCUT2D eigenvalue weighted by atomic mass is 32.1. The van der Waals surface area contributed by atoms with Crippen LogP contribution in [-0.2, 0) is 19.3 Å². The van der Waals surface area contributed by atoms with Gasteiger partial charge >= 0.3 is 0 Å². The summed E-state index contributed by atoms with van der Waals surface area (Å²) in [6.45, 7) is 1.72. The molecule has 5 aromatic rings. The van der Waals surface area contributed by atoms with Crippen molar-refractivity contribution < 1.29 is 13.9 Å². The number of halogens is 2. The largest absolute Gasteiger partial charge is 0.504 e. The molecular formula is C29H24F2N4O2S. The molecule has 0 aliphatic rings. The van der Waals surface area contributed by atoms with E-state index in [9.17, 15) is 18.7 Å². The van der Waals surface area contributed by atoms with Crippen LogP contribution in [0.1, 0.15) is 34.1 Å². The first-order valence-electron chi connectivity index (χ1n) is 12.1. The number of phenolic OH excluding ortho intramolecular Hbond substituents is 1. The molecule has 0 saturated carbocycles. The van der Waals surface area contributed by atoms with Crippen LogP contribution in [0.4, 0.5) is 8.78 Å². The van der Waals surface area contributed by atoms with Crippen LogP contribution in [-0.4, -0.2) is 23.6 Å². The van der Waals surface area contributed by atoms with Gasteiger partial charge in [-0.1, -0.05) is 54.6 Å². The van der Waals surface area contributed by atoms with Crippen LogP contribution in [0.2, 0.25) is 0 Å². The Balaban J connectivity index is 1.68. The summed E-state index contributed by atoms with van der Waals surface area (Å²) >= 11 is 1.05. The van der Waals surface area contributed by atoms with E-state index < -0.39 is 17.6 Å². The van der Waals surface area contributed by atoms with E-state index in [2.05, 4.69) is 13.8 Å². The number of para-hydroxylation sites is 1. The van der Waals surface area contributed by atoms with Crippen molar-refractivity contribution in [2.75, 3.05) is 0 Å². The maximum absolute atomic E-state index is 14.4. The van der Waals surface area contributed by atoms with Gasteiger partial charge in [-0.25, -0.2) is 13.5 Å².